The number of likely N-dealkylation sites (tertiary alicyclic amines) is 1. The van der Waals surface area contributed by atoms with Gasteiger partial charge in [0.05, 0.1) is 18.6 Å². The summed E-state index contributed by atoms with van der Waals surface area (Å²) in [6.45, 7) is 3.54. The summed E-state index contributed by atoms with van der Waals surface area (Å²) in [7, 11) is 1.39. The van der Waals surface area contributed by atoms with Crippen molar-refractivity contribution in [3.05, 3.63) is 82.7 Å². The second-order valence-corrected chi connectivity index (χ2v) is 10.3. The number of carbonyl (C=O) groups is 4. The number of ether oxygens (including phenoxy) is 1. The number of aliphatic carboxylic acids is 1. The fourth-order valence-corrected chi connectivity index (χ4v) is 5.70. The van der Waals surface area contributed by atoms with Crippen molar-refractivity contribution < 1.29 is 37.8 Å². The van der Waals surface area contributed by atoms with Crippen molar-refractivity contribution in [2.45, 2.75) is 44.1 Å². The van der Waals surface area contributed by atoms with Crippen LogP contribution in [0.3, 0.4) is 0 Å². The van der Waals surface area contributed by atoms with Gasteiger partial charge in [0.1, 0.15) is 11.4 Å². The Morgan fingerprint density at radius 3 is 2.38 bits per heavy atom. The van der Waals surface area contributed by atoms with Gasteiger partial charge in [0.25, 0.3) is 0 Å². The number of rotatable bonds is 10. The van der Waals surface area contributed by atoms with Crippen LogP contribution in [0.2, 0.25) is 0 Å². The Kier molecular flexibility index (Phi) is 9.56. The number of esters is 1. The monoisotopic (exact) mass is 584 g/mol. The number of halogens is 2. The van der Waals surface area contributed by atoms with Crippen molar-refractivity contribution in [3.8, 4) is 0 Å². The molecule has 0 bridgehead atoms. The fourth-order valence-electron chi connectivity index (χ4n) is 5.70. The number of piperidine rings is 1. The first-order valence-corrected chi connectivity index (χ1v) is 13.8. The SMILES string of the molecule is CCN(C(=O)CCCN1CCC(C(=O)OC)(c2ccccc2)CC1)C1=C(C(=O)O)C(c2ccc(F)c(F)c2)NC(=O)N1. The van der Waals surface area contributed by atoms with Gasteiger partial charge in [0.2, 0.25) is 5.91 Å². The highest BCUT2D eigenvalue weighted by Gasteiger charge is 2.44. The number of carbonyl (C=O) groups excluding carboxylic acids is 3. The van der Waals surface area contributed by atoms with Gasteiger partial charge < -0.3 is 20.1 Å². The Hall–Kier alpha value is -4.32. The van der Waals surface area contributed by atoms with Crippen LogP contribution < -0.4 is 10.6 Å². The smallest absolute Gasteiger partial charge is 0.337 e. The third kappa shape index (κ3) is 6.28. The Balaban J connectivity index is 1.44. The number of nitrogens with zero attached hydrogens (tertiary/aromatic N) is 2. The first-order valence-electron chi connectivity index (χ1n) is 13.8. The molecule has 2 heterocycles. The van der Waals surface area contributed by atoms with Gasteiger partial charge in [-0.05, 0) is 69.1 Å². The van der Waals surface area contributed by atoms with Gasteiger partial charge in [-0.3, -0.25) is 19.8 Å². The van der Waals surface area contributed by atoms with Crippen LogP contribution in [0.25, 0.3) is 0 Å². The second-order valence-electron chi connectivity index (χ2n) is 10.3. The van der Waals surface area contributed by atoms with Gasteiger partial charge in [-0.15, -0.1) is 0 Å². The van der Waals surface area contributed by atoms with Crippen molar-refractivity contribution in [3.63, 3.8) is 0 Å². The van der Waals surface area contributed by atoms with Crippen LogP contribution >= 0.6 is 0 Å². The van der Waals surface area contributed by atoms with Gasteiger partial charge in [0, 0.05) is 13.0 Å². The summed E-state index contributed by atoms with van der Waals surface area (Å²) < 4.78 is 32.6. The largest absolute Gasteiger partial charge is 0.478 e. The predicted octanol–water partition coefficient (Wildman–Crippen LogP) is 3.45. The lowest BCUT2D eigenvalue weighted by Crippen LogP contribution is -2.51. The third-order valence-corrected chi connectivity index (χ3v) is 7.92. The molecule has 1 atom stereocenters. The first-order chi connectivity index (χ1) is 20.1. The molecule has 3 amide bonds. The normalized spacial score (nSPS) is 18.6. The summed E-state index contributed by atoms with van der Waals surface area (Å²) in [6.07, 6.45) is 1.66. The van der Waals surface area contributed by atoms with E-state index in [0.29, 0.717) is 38.9 Å². The number of hydrogen-bond acceptors (Lipinski definition) is 6. The lowest BCUT2D eigenvalue weighted by atomic mass is 9.72. The minimum Gasteiger partial charge on any atom is -0.478 e. The van der Waals surface area contributed by atoms with Crippen molar-refractivity contribution in [2.75, 3.05) is 33.3 Å². The van der Waals surface area contributed by atoms with Gasteiger partial charge >= 0.3 is 18.0 Å². The molecule has 42 heavy (non-hydrogen) atoms. The highest BCUT2D eigenvalue weighted by molar-refractivity contribution is 5.95. The molecule has 0 saturated carbocycles. The van der Waals surface area contributed by atoms with Gasteiger partial charge in [-0.25, -0.2) is 18.4 Å². The molecule has 2 aliphatic rings. The zero-order valence-corrected chi connectivity index (χ0v) is 23.5. The molecule has 4 rings (SSSR count). The Morgan fingerprint density at radius 2 is 1.79 bits per heavy atom. The number of hydrogen-bond donors (Lipinski definition) is 3. The standard InChI is InChI=1S/C30H34F2N4O6/c1-3-36(26-24(27(38)39)25(33-29(41)34-26)19-11-12-21(31)22(32)18-19)23(37)10-7-15-35-16-13-30(14-17-35,28(40)42-2)20-8-5-4-6-9-20/h4-6,8-9,11-12,18,25H,3,7,10,13-17H2,1-2H3,(H,38,39)(H2,33,34,41). The highest BCUT2D eigenvalue weighted by Crippen LogP contribution is 2.37. The molecule has 2 aromatic carbocycles. The highest BCUT2D eigenvalue weighted by atomic mass is 19.2. The maximum absolute atomic E-state index is 13.9. The van der Waals surface area contributed by atoms with Crippen molar-refractivity contribution in [1.29, 1.82) is 0 Å². The van der Waals surface area contributed by atoms with E-state index in [1.165, 1.54) is 18.1 Å². The zero-order chi connectivity index (χ0) is 30.4. The summed E-state index contributed by atoms with van der Waals surface area (Å²) in [4.78, 5) is 54.2. The van der Waals surface area contributed by atoms with E-state index in [0.717, 1.165) is 17.7 Å². The van der Waals surface area contributed by atoms with Crippen molar-refractivity contribution in [2.24, 2.45) is 0 Å². The van der Waals surface area contributed by atoms with E-state index in [9.17, 15) is 33.1 Å². The average molecular weight is 585 g/mol. The fraction of sp³-hybridized carbons (Fsp3) is 0.400. The molecule has 10 nitrogen and oxygen atoms in total. The minimum absolute atomic E-state index is 0.0192. The quantitative estimate of drug-likeness (QED) is 0.365. The lowest BCUT2D eigenvalue weighted by Gasteiger charge is -2.40. The molecule has 0 aliphatic carbocycles. The van der Waals surface area contributed by atoms with Crippen LogP contribution in [0, 0.1) is 11.6 Å². The molecule has 2 aromatic rings. The van der Waals surface area contributed by atoms with Crippen LogP contribution in [-0.4, -0.2) is 72.1 Å². The Morgan fingerprint density at radius 1 is 1.10 bits per heavy atom. The van der Waals surface area contributed by atoms with Crippen LogP contribution in [0.5, 0.6) is 0 Å². The molecule has 1 saturated heterocycles. The lowest BCUT2D eigenvalue weighted by molar-refractivity contribution is -0.149. The molecule has 0 aromatic heterocycles. The zero-order valence-electron chi connectivity index (χ0n) is 23.5. The molecular formula is C30H34F2N4O6. The number of benzene rings is 2. The molecule has 3 N–H and O–H groups in total. The molecule has 12 heteroatoms. The summed E-state index contributed by atoms with van der Waals surface area (Å²) in [5.41, 5.74) is -0.158. The maximum atomic E-state index is 13.9. The summed E-state index contributed by atoms with van der Waals surface area (Å²) in [5.74, 6) is -4.62. The maximum Gasteiger partial charge on any atom is 0.337 e. The molecular weight excluding hydrogens is 550 g/mol. The van der Waals surface area contributed by atoms with Crippen LogP contribution in [-0.2, 0) is 24.5 Å². The first kappa shape index (κ1) is 30.6. The van der Waals surface area contributed by atoms with E-state index in [4.69, 9.17) is 4.74 Å². The number of nitrogens with one attached hydrogen (secondary N) is 2. The number of carboxylic acids is 1. The van der Waals surface area contributed by atoms with E-state index >= 15 is 0 Å². The second kappa shape index (κ2) is 13.1. The molecule has 224 valence electrons. The summed E-state index contributed by atoms with van der Waals surface area (Å²) in [6, 6.07) is 10.3. The van der Waals surface area contributed by atoms with E-state index in [1.54, 1.807) is 6.92 Å². The summed E-state index contributed by atoms with van der Waals surface area (Å²) >= 11 is 0. The average Bonchev–Trinajstić information content (AvgIpc) is 2.99. The third-order valence-electron chi connectivity index (χ3n) is 7.92. The number of amides is 3. The molecule has 0 spiro atoms. The van der Waals surface area contributed by atoms with Gasteiger partial charge in [-0.2, -0.15) is 0 Å². The van der Waals surface area contributed by atoms with E-state index in [2.05, 4.69) is 15.5 Å². The van der Waals surface area contributed by atoms with Crippen LogP contribution in [0.4, 0.5) is 13.6 Å². The molecule has 1 fully saturated rings. The minimum atomic E-state index is -1.43. The van der Waals surface area contributed by atoms with Crippen LogP contribution in [0.1, 0.15) is 49.8 Å². The summed E-state index contributed by atoms with van der Waals surface area (Å²) in [5, 5.41) is 14.8. The van der Waals surface area contributed by atoms with Crippen molar-refractivity contribution >= 4 is 23.9 Å². The van der Waals surface area contributed by atoms with E-state index in [-0.39, 0.29) is 35.9 Å². The number of urea groups is 1. The van der Waals surface area contributed by atoms with E-state index < -0.39 is 41.0 Å². The number of carboxylic acid groups (broad SMARTS) is 1. The topological polar surface area (TPSA) is 128 Å². The predicted molar refractivity (Wildman–Crippen MR) is 148 cm³/mol. The molecule has 0 radical (unpaired) electrons. The molecule has 2 aliphatic heterocycles. The van der Waals surface area contributed by atoms with Crippen LogP contribution in [0.15, 0.2) is 59.9 Å². The van der Waals surface area contributed by atoms with Crippen molar-refractivity contribution in [1.82, 2.24) is 20.4 Å². The van der Waals surface area contributed by atoms with Gasteiger partial charge in [0.15, 0.2) is 11.6 Å². The number of methoxy groups -OCH3 is 1. The Bertz CT molecular complexity index is 1380. The van der Waals surface area contributed by atoms with Gasteiger partial charge in [-0.1, -0.05) is 36.4 Å². The molecule has 1 unspecified atom stereocenters. The van der Waals surface area contributed by atoms with E-state index in [1.807, 2.05) is 30.3 Å². The Labute approximate surface area is 242 Å².